The molecule has 1 heterocycles. The van der Waals surface area contributed by atoms with E-state index in [2.05, 4.69) is 195 Å². The monoisotopic (exact) mass is 703 g/mol. The fourth-order valence-corrected chi connectivity index (χ4v) is 9.08. The molecule has 55 heavy (non-hydrogen) atoms. The van der Waals surface area contributed by atoms with Gasteiger partial charge in [-0.15, -0.1) is 0 Å². The highest BCUT2D eigenvalue weighted by atomic mass is 16.3. The first-order valence-electron chi connectivity index (χ1n) is 19.1. The summed E-state index contributed by atoms with van der Waals surface area (Å²) in [5.74, 6) is 0. The second-order valence-electron chi connectivity index (χ2n) is 15.3. The van der Waals surface area contributed by atoms with E-state index in [0.29, 0.717) is 0 Å². The van der Waals surface area contributed by atoms with E-state index in [1.54, 1.807) is 0 Å². The lowest BCUT2D eigenvalue weighted by Crippen LogP contribution is -2.16. The minimum Gasteiger partial charge on any atom is -0.456 e. The minimum atomic E-state index is -0.103. The lowest BCUT2D eigenvalue weighted by atomic mass is 9.82. The predicted molar refractivity (Wildman–Crippen MR) is 232 cm³/mol. The normalized spacial score (nSPS) is 13.1. The number of fused-ring (bicyclic) bond motifs is 9. The zero-order chi connectivity index (χ0) is 36.7. The maximum Gasteiger partial charge on any atom is 0.135 e. The number of hydrogen-bond donors (Lipinski definition) is 0. The Morgan fingerprint density at radius 3 is 1.82 bits per heavy atom. The van der Waals surface area contributed by atoms with Crippen molar-refractivity contribution in [3.05, 3.63) is 199 Å². The van der Waals surface area contributed by atoms with E-state index in [1.165, 1.54) is 66.1 Å². The number of benzene rings is 9. The summed E-state index contributed by atoms with van der Waals surface area (Å²) in [4.78, 5) is 2.40. The lowest BCUT2D eigenvalue weighted by molar-refractivity contribution is 0.660. The molecular weight excluding hydrogens is 667 g/mol. The number of para-hydroxylation sites is 1. The van der Waals surface area contributed by atoms with Crippen molar-refractivity contribution in [2.45, 2.75) is 19.3 Å². The topological polar surface area (TPSA) is 16.4 Å². The Morgan fingerprint density at radius 2 is 0.982 bits per heavy atom. The van der Waals surface area contributed by atoms with Crippen LogP contribution in [0.2, 0.25) is 0 Å². The summed E-state index contributed by atoms with van der Waals surface area (Å²) >= 11 is 0. The van der Waals surface area contributed by atoms with Crippen molar-refractivity contribution in [2.24, 2.45) is 0 Å². The Kier molecular flexibility index (Phi) is 6.93. The van der Waals surface area contributed by atoms with Crippen LogP contribution in [0.4, 0.5) is 17.1 Å². The SMILES string of the molecule is CC1(C)c2ccccc2-c2ccc(N(c3ccc(-c4ccc5oc6ccccc6c5c4)cc3)c3ccc(-c4cccc5ccc6ccccc6c45)cc3)cc21. The van der Waals surface area contributed by atoms with Crippen LogP contribution >= 0.6 is 0 Å². The fourth-order valence-electron chi connectivity index (χ4n) is 9.08. The predicted octanol–water partition coefficient (Wildman–Crippen LogP) is 15.0. The molecule has 9 aromatic carbocycles. The van der Waals surface area contributed by atoms with Crippen molar-refractivity contribution in [3.63, 3.8) is 0 Å². The van der Waals surface area contributed by atoms with Gasteiger partial charge in [0, 0.05) is 33.2 Å². The standard InChI is InChI=1S/C53H37NO/c1-53(2)48-16-7-5-13-44(48)45-30-29-41(33-49(45)53)54(39-25-20-34(21-26-39)38-24-31-51-47(32-38)46-14-6-8-17-50(46)55-51)40-27-22-36(23-28-40)43-15-9-11-37-19-18-35-10-3-4-12-42(35)52(37)43/h3-33H,1-2H3. The molecule has 2 nitrogen and oxygen atoms in total. The van der Waals surface area contributed by atoms with Crippen LogP contribution in [-0.2, 0) is 5.41 Å². The first-order valence-corrected chi connectivity index (χ1v) is 19.1. The maximum absolute atomic E-state index is 6.13. The highest BCUT2D eigenvalue weighted by Crippen LogP contribution is 2.51. The zero-order valence-electron chi connectivity index (χ0n) is 30.8. The number of hydrogen-bond acceptors (Lipinski definition) is 2. The molecule has 1 aromatic heterocycles. The molecule has 0 fully saturated rings. The number of rotatable bonds is 5. The summed E-state index contributed by atoms with van der Waals surface area (Å²) in [6.07, 6.45) is 0. The van der Waals surface area contributed by atoms with Gasteiger partial charge in [0.2, 0.25) is 0 Å². The maximum atomic E-state index is 6.13. The molecule has 0 saturated heterocycles. The molecule has 1 aliphatic carbocycles. The van der Waals surface area contributed by atoms with Gasteiger partial charge < -0.3 is 9.32 Å². The Labute approximate surface area is 320 Å². The first kappa shape index (κ1) is 31.6. The summed E-state index contributed by atoms with van der Waals surface area (Å²) < 4.78 is 6.13. The van der Waals surface area contributed by atoms with Crippen molar-refractivity contribution in [1.29, 1.82) is 0 Å². The molecular formula is C53H37NO. The summed E-state index contributed by atoms with van der Waals surface area (Å²) in [5.41, 5.74) is 15.3. The van der Waals surface area contributed by atoms with Crippen LogP contribution in [0.5, 0.6) is 0 Å². The second kappa shape index (κ2) is 12.1. The summed E-state index contributed by atoms with van der Waals surface area (Å²) in [6, 6.07) is 68.6. The number of anilines is 3. The number of nitrogens with zero attached hydrogens (tertiary/aromatic N) is 1. The summed E-state index contributed by atoms with van der Waals surface area (Å²) in [7, 11) is 0. The second-order valence-corrected chi connectivity index (χ2v) is 15.3. The van der Waals surface area contributed by atoms with Gasteiger partial charge >= 0.3 is 0 Å². The van der Waals surface area contributed by atoms with Crippen molar-refractivity contribution < 1.29 is 4.42 Å². The van der Waals surface area contributed by atoms with E-state index in [0.717, 1.165) is 39.0 Å². The zero-order valence-corrected chi connectivity index (χ0v) is 30.8. The third kappa shape index (κ3) is 4.95. The van der Waals surface area contributed by atoms with Crippen molar-refractivity contribution in [1.82, 2.24) is 0 Å². The quantitative estimate of drug-likeness (QED) is 0.166. The van der Waals surface area contributed by atoms with E-state index < -0.39 is 0 Å². The molecule has 1 aliphatic rings. The van der Waals surface area contributed by atoms with Crippen LogP contribution in [-0.4, -0.2) is 0 Å². The highest BCUT2D eigenvalue weighted by Gasteiger charge is 2.35. The van der Waals surface area contributed by atoms with Gasteiger partial charge in [-0.3, -0.25) is 0 Å². The van der Waals surface area contributed by atoms with Crippen LogP contribution in [0.3, 0.4) is 0 Å². The van der Waals surface area contributed by atoms with E-state index in [1.807, 2.05) is 12.1 Å². The van der Waals surface area contributed by atoms with Crippen LogP contribution in [0, 0.1) is 0 Å². The van der Waals surface area contributed by atoms with Crippen LogP contribution in [0.25, 0.3) is 76.9 Å². The van der Waals surface area contributed by atoms with Gasteiger partial charge in [0.05, 0.1) is 0 Å². The Balaban J connectivity index is 1.03. The molecule has 0 aliphatic heterocycles. The van der Waals surface area contributed by atoms with Crippen molar-refractivity contribution in [3.8, 4) is 33.4 Å². The Bertz CT molecular complexity index is 3110. The van der Waals surface area contributed by atoms with E-state index >= 15 is 0 Å². The molecule has 10 aromatic rings. The Hall–Kier alpha value is -6.90. The molecule has 260 valence electrons. The third-order valence-electron chi connectivity index (χ3n) is 11.9. The largest absolute Gasteiger partial charge is 0.456 e. The van der Waals surface area contributed by atoms with Crippen molar-refractivity contribution in [2.75, 3.05) is 4.90 Å². The van der Waals surface area contributed by atoms with E-state index in [4.69, 9.17) is 4.42 Å². The molecule has 0 unspecified atom stereocenters. The summed E-state index contributed by atoms with van der Waals surface area (Å²) in [5, 5.41) is 7.37. The van der Waals surface area contributed by atoms with Gasteiger partial charge in [-0.05, 0) is 121 Å². The van der Waals surface area contributed by atoms with Gasteiger partial charge in [0.1, 0.15) is 11.2 Å². The number of furan rings is 1. The Morgan fingerprint density at radius 1 is 0.382 bits per heavy atom. The molecule has 0 atom stereocenters. The molecule has 11 rings (SSSR count). The molecule has 0 spiro atoms. The van der Waals surface area contributed by atoms with Crippen LogP contribution in [0.1, 0.15) is 25.0 Å². The smallest absolute Gasteiger partial charge is 0.135 e. The average Bonchev–Trinajstić information content (AvgIpc) is 3.72. The lowest BCUT2D eigenvalue weighted by Gasteiger charge is -2.28. The van der Waals surface area contributed by atoms with Crippen LogP contribution in [0.15, 0.2) is 192 Å². The molecule has 0 saturated carbocycles. The van der Waals surface area contributed by atoms with E-state index in [-0.39, 0.29) is 5.41 Å². The first-order chi connectivity index (χ1) is 27.0. The van der Waals surface area contributed by atoms with Gasteiger partial charge in [0.25, 0.3) is 0 Å². The van der Waals surface area contributed by atoms with Gasteiger partial charge in [-0.1, -0.05) is 147 Å². The van der Waals surface area contributed by atoms with Gasteiger partial charge in [-0.25, -0.2) is 0 Å². The van der Waals surface area contributed by atoms with Crippen LogP contribution < -0.4 is 4.90 Å². The van der Waals surface area contributed by atoms with E-state index in [9.17, 15) is 0 Å². The molecule has 0 radical (unpaired) electrons. The van der Waals surface area contributed by atoms with Gasteiger partial charge in [0.15, 0.2) is 0 Å². The molecule has 2 heteroatoms. The minimum absolute atomic E-state index is 0.103. The highest BCUT2D eigenvalue weighted by molar-refractivity contribution is 6.14. The van der Waals surface area contributed by atoms with Crippen molar-refractivity contribution >= 4 is 60.5 Å². The molecule has 0 bridgehead atoms. The van der Waals surface area contributed by atoms with Gasteiger partial charge in [-0.2, -0.15) is 0 Å². The average molecular weight is 704 g/mol. The fraction of sp³-hybridized carbons (Fsp3) is 0.0566. The molecule has 0 N–H and O–H groups in total. The summed E-state index contributed by atoms with van der Waals surface area (Å²) in [6.45, 7) is 4.70. The third-order valence-corrected chi connectivity index (χ3v) is 11.9. The molecule has 0 amide bonds.